The van der Waals surface area contributed by atoms with Gasteiger partial charge in [-0.05, 0) is 38.8 Å². The zero-order valence-corrected chi connectivity index (χ0v) is 13.3. The second-order valence-corrected chi connectivity index (χ2v) is 6.77. The summed E-state index contributed by atoms with van der Waals surface area (Å²) in [7, 11) is 0. The molecule has 0 bridgehead atoms. The monoisotopic (exact) mass is 289 g/mol. The van der Waals surface area contributed by atoms with E-state index < -0.39 is 0 Å². The van der Waals surface area contributed by atoms with Gasteiger partial charge in [0.05, 0.1) is 11.5 Å². The molecular formula is C17H27N3O. The van der Waals surface area contributed by atoms with Crippen LogP contribution in [0.3, 0.4) is 0 Å². The van der Waals surface area contributed by atoms with Crippen molar-refractivity contribution >= 4 is 5.91 Å². The van der Waals surface area contributed by atoms with Gasteiger partial charge in [0.15, 0.2) is 0 Å². The Labute approximate surface area is 127 Å². The molecule has 1 fully saturated rings. The molecule has 1 unspecified atom stereocenters. The Morgan fingerprint density at radius 2 is 2.00 bits per heavy atom. The number of nitrogens with two attached hydrogens (primary N) is 1. The number of amides is 1. The number of fused-ring (bicyclic) bond motifs is 1. The maximum absolute atomic E-state index is 13.2. The molecule has 3 rings (SSSR count). The molecule has 1 aromatic rings. The Morgan fingerprint density at radius 1 is 1.29 bits per heavy atom. The Kier molecular flexibility index (Phi) is 3.82. The van der Waals surface area contributed by atoms with Crippen LogP contribution in [-0.2, 0) is 11.3 Å². The third-order valence-corrected chi connectivity index (χ3v) is 5.61. The van der Waals surface area contributed by atoms with Gasteiger partial charge >= 0.3 is 0 Å². The van der Waals surface area contributed by atoms with Crippen LogP contribution < -0.4 is 5.73 Å². The van der Waals surface area contributed by atoms with E-state index in [4.69, 9.17) is 5.73 Å². The van der Waals surface area contributed by atoms with Crippen LogP contribution in [0.2, 0.25) is 0 Å². The normalized spacial score (nSPS) is 24.7. The Morgan fingerprint density at radius 3 is 2.67 bits per heavy atom. The van der Waals surface area contributed by atoms with Crippen molar-refractivity contribution in [3.05, 3.63) is 23.5 Å². The van der Waals surface area contributed by atoms with Crippen LogP contribution in [0.4, 0.5) is 0 Å². The van der Waals surface area contributed by atoms with Gasteiger partial charge in [-0.25, -0.2) is 0 Å². The highest BCUT2D eigenvalue weighted by molar-refractivity contribution is 5.83. The summed E-state index contributed by atoms with van der Waals surface area (Å²) in [4.78, 5) is 15.2. The summed E-state index contributed by atoms with van der Waals surface area (Å²) >= 11 is 0. The van der Waals surface area contributed by atoms with Crippen molar-refractivity contribution < 1.29 is 4.79 Å². The van der Waals surface area contributed by atoms with Gasteiger partial charge < -0.3 is 15.2 Å². The third-order valence-electron chi connectivity index (χ3n) is 5.61. The zero-order chi connectivity index (χ0) is 15.0. The van der Waals surface area contributed by atoms with Crippen molar-refractivity contribution in [2.75, 3.05) is 13.1 Å². The number of aryl methyl sites for hydroxylation is 1. The van der Waals surface area contributed by atoms with Gasteiger partial charge in [0.2, 0.25) is 5.91 Å². The maximum Gasteiger partial charge on any atom is 0.230 e. The number of nitrogens with zero attached hydrogens (tertiary/aromatic N) is 2. The van der Waals surface area contributed by atoms with Crippen molar-refractivity contribution in [2.24, 2.45) is 11.1 Å². The minimum Gasteiger partial charge on any atom is -0.345 e. The predicted molar refractivity (Wildman–Crippen MR) is 83.9 cm³/mol. The average Bonchev–Trinajstić information content (AvgIpc) is 2.90. The second kappa shape index (κ2) is 5.48. The van der Waals surface area contributed by atoms with E-state index in [0.717, 1.165) is 38.8 Å². The van der Waals surface area contributed by atoms with Crippen LogP contribution in [0.25, 0.3) is 0 Å². The molecule has 1 saturated carbocycles. The predicted octanol–water partition coefficient (Wildman–Crippen LogP) is 2.61. The fourth-order valence-electron chi connectivity index (χ4n) is 4.14. The van der Waals surface area contributed by atoms with Crippen LogP contribution in [0.5, 0.6) is 0 Å². The van der Waals surface area contributed by atoms with Crippen molar-refractivity contribution in [1.82, 2.24) is 9.47 Å². The number of aromatic nitrogens is 1. The SMILES string of the molecule is Cc1ccc2n1CCN(C(=O)C1(CN)CCCCC1)C2C. The fourth-order valence-corrected chi connectivity index (χ4v) is 4.14. The molecule has 0 aromatic carbocycles. The number of hydrogen-bond acceptors (Lipinski definition) is 2. The summed E-state index contributed by atoms with van der Waals surface area (Å²) < 4.78 is 2.34. The summed E-state index contributed by atoms with van der Waals surface area (Å²) in [6.07, 6.45) is 5.45. The number of hydrogen-bond donors (Lipinski definition) is 1. The van der Waals surface area contributed by atoms with E-state index in [0.29, 0.717) is 12.5 Å². The largest absolute Gasteiger partial charge is 0.345 e. The van der Waals surface area contributed by atoms with E-state index in [1.54, 1.807) is 0 Å². The number of carbonyl (C=O) groups is 1. The molecule has 0 spiro atoms. The summed E-state index contributed by atoms with van der Waals surface area (Å²) in [5.74, 6) is 0.294. The van der Waals surface area contributed by atoms with E-state index in [9.17, 15) is 4.79 Å². The van der Waals surface area contributed by atoms with E-state index in [2.05, 4.69) is 35.4 Å². The summed E-state index contributed by atoms with van der Waals surface area (Å²) in [5, 5.41) is 0. The van der Waals surface area contributed by atoms with Crippen LogP contribution in [0.1, 0.15) is 56.5 Å². The Balaban J connectivity index is 1.85. The van der Waals surface area contributed by atoms with Crippen LogP contribution in [0.15, 0.2) is 12.1 Å². The standard InChI is InChI=1S/C17H27N3O/c1-13-6-7-15-14(2)20(11-10-19(13)15)16(21)17(12-18)8-4-3-5-9-17/h6-7,14H,3-5,8-12,18H2,1-2H3. The van der Waals surface area contributed by atoms with Gasteiger partial charge in [0.25, 0.3) is 0 Å². The zero-order valence-electron chi connectivity index (χ0n) is 13.3. The minimum atomic E-state index is -0.295. The molecular weight excluding hydrogens is 262 g/mol. The smallest absolute Gasteiger partial charge is 0.230 e. The second-order valence-electron chi connectivity index (χ2n) is 6.77. The van der Waals surface area contributed by atoms with Gasteiger partial charge in [-0.1, -0.05) is 19.3 Å². The quantitative estimate of drug-likeness (QED) is 0.910. The van der Waals surface area contributed by atoms with Crippen molar-refractivity contribution in [3.8, 4) is 0 Å². The van der Waals surface area contributed by atoms with Crippen LogP contribution in [0, 0.1) is 12.3 Å². The number of rotatable bonds is 2. The van der Waals surface area contributed by atoms with Gasteiger partial charge in [0, 0.05) is 31.0 Å². The van der Waals surface area contributed by atoms with Crippen molar-refractivity contribution in [1.29, 1.82) is 0 Å². The van der Waals surface area contributed by atoms with Gasteiger partial charge in [-0.3, -0.25) is 4.79 Å². The fraction of sp³-hybridized carbons (Fsp3) is 0.706. The van der Waals surface area contributed by atoms with Gasteiger partial charge in [-0.2, -0.15) is 0 Å². The van der Waals surface area contributed by atoms with E-state index in [1.807, 2.05) is 0 Å². The Bertz CT molecular complexity index is 528. The lowest BCUT2D eigenvalue weighted by Gasteiger charge is -2.43. The highest BCUT2D eigenvalue weighted by Crippen LogP contribution is 2.40. The van der Waals surface area contributed by atoms with Gasteiger partial charge in [0.1, 0.15) is 0 Å². The molecule has 0 radical (unpaired) electrons. The molecule has 2 heterocycles. The molecule has 2 aliphatic rings. The van der Waals surface area contributed by atoms with E-state index in [-0.39, 0.29) is 11.5 Å². The molecule has 116 valence electrons. The summed E-state index contributed by atoms with van der Waals surface area (Å²) in [6, 6.07) is 4.47. The van der Waals surface area contributed by atoms with Crippen molar-refractivity contribution in [3.63, 3.8) is 0 Å². The minimum absolute atomic E-state index is 0.158. The molecule has 4 heteroatoms. The number of carbonyl (C=O) groups excluding carboxylic acids is 1. The lowest BCUT2D eigenvalue weighted by Crippen LogP contribution is -2.52. The van der Waals surface area contributed by atoms with Gasteiger partial charge in [-0.15, -0.1) is 0 Å². The highest BCUT2D eigenvalue weighted by atomic mass is 16.2. The molecule has 4 nitrogen and oxygen atoms in total. The first-order chi connectivity index (χ1) is 10.1. The first-order valence-corrected chi connectivity index (χ1v) is 8.26. The average molecular weight is 289 g/mol. The van der Waals surface area contributed by atoms with Crippen molar-refractivity contribution in [2.45, 2.75) is 58.5 Å². The molecule has 1 aliphatic heterocycles. The first kappa shape index (κ1) is 14.6. The summed E-state index contributed by atoms with van der Waals surface area (Å²) in [5.41, 5.74) is 8.29. The van der Waals surface area contributed by atoms with Crippen LogP contribution in [-0.4, -0.2) is 28.5 Å². The lowest BCUT2D eigenvalue weighted by molar-refractivity contribution is -0.147. The molecule has 1 aromatic heterocycles. The van der Waals surface area contributed by atoms with E-state index >= 15 is 0 Å². The lowest BCUT2D eigenvalue weighted by atomic mass is 9.72. The highest BCUT2D eigenvalue weighted by Gasteiger charge is 2.43. The topological polar surface area (TPSA) is 51.3 Å². The Hall–Kier alpha value is -1.29. The molecule has 1 aliphatic carbocycles. The molecule has 1 amide bonds. The molecule has 2 N–H and O–H groups in total. The molecule has 1 atom stereocenters. The maximum atomic E-state index is 13.2. The van der Waals surface area contributed by atoms with E-state index in [1.165, 1.54) is 17.8 Å². The summed E-state index contributed by atoms with van der Waals surface area (Å²) in [6.45, 7) is 6.50. The molecule has 0 saturated heterocycles. The van der Waals surface area contributed by atoms with Crippen LogP contribution >= 0.6 is 0 Å². The third kappa shape index (κ3) is 2.30. The first-order valence-electron chi connectivity index (χ1n) is 8.26. The molecule has 21 heavy (non-hydrogen) atoms.